The molecule has 0 saturated carbocycles. The van der Waals surface area contributed by atoms with E-state index in [1.54, 1.807) is 12.1 Å². The van der Waals surface area contributed by atoms with Crippen LogP contribution in [-0.2, 0) is 38.9 Å². The van der Waals surface area contributed by atoms with Crippen LogP contribution in [0.3, 0.4) is 0 Å². The number of benzene rings is 4. The van der Waals surface area contributed by atoms with E-state index < -0.39 is 105 Å². The van der Waals surface area contributed by atoms with Crippen LogP contribution in [-0.4, -0.2) is 217 Å². The number of fused-ring (bicyclic) bond motifs is 2. The number of amides is 4. The lowest BCUT2D eigenvalue weighted by Crippen LogP contribution is -2.51. The molecule has 108 heavy (non-hydrogen) atoms. The fraction of sp³-hybridized carbons (Fsp3) is 0.650. The average Bonchev–Trinajstić information content (AvgIpc) is 1.74. The quantitative estimate of drug-likeness (QED) is 0.0196. The maximum absolute atomic E-state index is 13.9. The van der Waals surface area contributed by atoms with Crippen molar-refractivity contribution in [3.05, 3.63) is 107 Å². The molecule has 2 heterocycles. The molecule has 0 saturated heterocycles. The normalized spacial score (nSPS) is 20.2. The van der Waals surface area contributed by atoms with Gasteiger partial charge in [-0.05, 0) is 134 Å². The molecular weight excluding hydrogens is 1430 g/mol. The highest BCUT2D eigenvalue weighted by atomic mass is 32.2. The van der Waals surface area contributed by atoms with E-state index in [0.29, 0.717) is 83.9 Å². The van der Waals surface area contributed by atoms with Crippen LogP contribution in [0.4, 0.5) is 22.7 Å². The van der Waals surface area contributed by atoms with E-state index in [0.717, 1.165) is 151 Å². The second kappa shape index (κ2) is 45.9. The maximum Gasteiger partial charge on any atom is 0.251 e. The van der Waals surface area contributed by atoms with Gasteiger partial charge < -0.3 is 82.1 Å². The van der Waals surface area contributed by atoms with E-state index in [2.05, 4.69) is 45.7 Å². The van der Waals surface area contributed by atoms with Crippen molar-refractivity contribution in [1.29, 1.82) is 0 Å². The van der Waals surface area contributed by atoms with Crippen LogP contribution >= 0.6 is 0 Å². The zero-order chi connectivity index (χ0) is 79.8. The monoisotopic (exact) mass is 1550 g/mol. The number of carbonyl (C=O) groups is 4. The van der Waals surface area contributed by atoms with Crippen LogP contribution in [0.15, 0.2) is 94.7 Å². The second-order valence-corrected chi connectivity index (χ2v) is 33.7. The minimum absolute atomic E-state index is 0.0317. The summed E-state index contributed by atoms with van der Waals surface area (Å²) in [6.07, 6.45) is 7.02. The highest BCUT2D eigenvalue weighted by Crippen LogP contribution is 2.42. The van der Waals surface area contributed by atoms with Gasteiger partial charge in [0.1, 0.15) is 36.6 Å². The van der Waals surface area contributed by atoms with E-state index >= 15 is 0 Å². The molecule has 2 aliphatic rings. The number of carbonyl (C=O) groups excluding carboxylic acids is 4. The van der Waals surface area contributed by atoms with Crippen molar-refractivity contribution in [2.24, 2.45) is 0 Å². The topological polar surface area (TPSA) is 418 Å². The first-order valence-corrected chi connectivity index (χ1v) is 42.3. The third-order valence-electron chi connectivity index (χ3n) is 20.8. The Kier molecular flexibility index (Phi) is 39.3. The second-order valence-electron chi connectivity index (χ2n) is 29.8. The van der Waals surface area contributed by atoms with E-state index in [4.69, 9.17) is 10.2 Å². The Morgan fingerprint density at radius 3 is 1.10 bits per heavy atom. The van der Waals surface area contributed by atoms with Gasteiger partial charge in [0, 0.05) is 87.9 Å². The number of aliphatic hydroxyl groups excluding tert-OH is 10. The van der Waals surface area contributed by atoms with E-state index in [9.17, 15) is 76.9 Å². The van der Waals surface area contributed by atoms with Gasteiger partial charge in [-0.3, -0.25) is 29.8 Å². The fourth-order valence-corrected chi connectivity index (χ4v) is 18.2. The number of sulfone groups is 2. The minimum atomic E-state index is -3.58. The summed E-state index contributed by atoms with van der Waals surface area (Å²) >= 11 is 0. The largest absolute Gasteiger partial charge is 0.394 e. The SMILES string of the molecule is CCCC[C@@]1(CC)CS(=O)(=O)c2ccc(N(C)C)cc2[C@H](c2cccc(NC(=O)CCCCCCCCCCNC(=O)[C@H](O)[C@@H](O)[C@H](O)[C@H](O)CO)c2)N1.CCCC[C@]1(CC)CS(=O)(=O)c2ccc(N(C)C)cc2[C@@H](c2cccc(NC(=O)CCCCCCCCCCNC(=O)[C@H](O)[C@@H](O)[C@H](O)[C@H](O)CO)c2)N1. The average molecular weight is 1550 g/mol. The molecule has 0 aromatic heterocycles. The van der Waals surface area contributed by atoms with E-state index in [-0.39, 0.29) is 35.4 Å². The molecule has 12 atom stereocenters. The predicted octanol–water partition coefficient (Wildman–Crippen LogP) is 7.12. The highest BCUT2D eigenvalue weighted by molar-refractivity contribution is 7.91. The van der Waals surface area contributed by atoms with Gasteiger partial charge in [-0.2, -0.15) is 0 Å². The molecule has 6 rings (SSSR count). The van der Waals surface area contributed by atoms with Crippen molar-refractivity contribution in [2.75, 3.05) is 86.4 Å². The van der Waals surface area contributed by atoms with Gasteiger partial charge in [0.05, 0.1) is 46.6 Å². The number of nitrogens with zero attached hydrogens (tertiary/aromatic N) is 2. The Labute approximate surface area is 641 Å². The standard InChI is InChI=1S/2C40H64N4O9S/c2*1-5-7-22-40(6-2)27-54(52,53)33-21-20-30(44(3)4)25-31(33)35(43-40)28-17-16-18-29(24-28)42-34(47)19-14-12-10-8-9-11-13-15-23-41-39(51)38(50)37(49)36(48)32(46)26-45/h2*16-18,20-21,24-25,32,35-38,43,45-46,48-50H,5-15,19,22-23,26-27H2,1-4H3,(H,41,51)(H,42,47)/t32-,35+,36-,37+,38-,40+;32-,35-,36-,37+,38-,40-/m11/s1. The molecule has 0 radical (unpaired) electrons. The number of aliphatic hydroxyl groups is 10. The van der Waals surface area contributed by atoms with Gasteiger partial charge in [0.25, 0.3) is 11.8 Å². The van der Waals surface area contributed by atoms with Crippen LogP contribution in [0.2, 0.25) is 0 Å². The van der Waals surface area contributed by atoms with Crippen LogP contribution in [0.5, 0.6) is 0 Å². The Bertz CT molecular complexity index is 3410. The summed E-state index contributed by atoms with van der Waals surface area (Å²) in [5, 5.41) is 114. The summed E-state index contributed by atoms with van der Waals surface area (Å²) in [6, 6.07) is 25.8. The van der Waals surface area contributed by atoms with E-state index in [1.807, 2.05) is 125 Å². The van der Waals surface area contributed by atoms with Gasteiger partial charge in [-0.15, -0.1) is 0 Å². The molecule has 4 aromatic carbocycles. The molecule has 608 valence electrons. The van der Waals surface area contributed by atoms with Gasteiger partial charge in [-0.25, -0.2) is 16.8 Å². The summed E-state index contributed by atoms with van der Waals surface area (Å²) in [5.41, 5.74) is 5.20. The van der Waals surface area contributed by atoms with Crippen LogP contribution in [0.1, 0.15) is 229 Å². The Hall–Kier alpha value is -6.22. The van der Waals surface area contributed by atoms with Crippen molar-refractivity contribution in [3.8, 4) is 0 Å². The lowest BCUT2D eigenvalue weighted by atomic mass is 9.88. The van der Waals surface area contributed by atoms with Crippen molar-refractivity contribution in [1.82, 2.24) is 21.3 Å². The first-order valence-electron chi connectivity index (χ1n) is 39.0. The molecule has 28 heteroatoms. The number of hydrogen-bond acceptors (Lipinski definition) is 22. The molecule has 2 aliphatic heterocycles. The minimum Gasteiger partial charge on any atom is -0.394 e. The van der Waals surface area contributed by atoms with Gasteiger partial charge >= 0.3 is 0 Å². The lowest BCUT2D eigenvalue weighted by molar-refractivity contribution is -0.149. The predicted molar refractivity (Wildman–Crippen MR) is 422 cm³/mol. The third-order valence-corrected chi connectivity index (χ3v) is 24.8. The van der Waals surface area contributed by atoms with E-state index in [1.165, 1.54) is 0 Å². The fourth-order valence-electron chi connectivity index (χ4n) is 14.0. The number of unbranched alkanes of at least 4 members (excludes halogenated alkanes) is 16. The van der Waals surface area contributed by atoms with Gasteiger partial charge in [0.2, 0.25) is 11.8 Å². The lowest BCUT2D eigenvalue weighted by Gasteiger charge is -2.36. The molecule has 0 unspecified atom stereocenters. The number of hydrogen-bond donors (Lipinski definition) is 16. The maximum atomic E-state index is 13.9. The van der Waals surface area contributed by atoms with Gasteiger partial charge in [0.15, 0.2) is 31.9 Å². The Balaban J connectivity index is 0.000000387. The molecule has 0 fully saturated rings. The molecule has 0 bridgehead atoms. The molecular formula is C80H128N8O18S2. The van der Waals surface area contributed by atoms with Crippen LogP contribution in [0.25, 0.3) is 0 Å². The molecule has 4 aromatic rings. The van der Waals surface area contributed by atoms with Crippen LogP contribution < -0.4 is 41.7 Å². The summed E-state index contributed by atoms with van der Waals surface area (Å²) in [4.78, 5) is 54.6. The summed E-state index contributed by atoms with van der Waals surface area (Å²) < 4.78 is 55.5. The molecule has 26 nitrogen and oxygen atoms in total. The molecule has 0 spiro atoms. The first-order chi connectivity index (χ1) is 51.4. The first kappa shape index (κ1) is 92.4. The number of anilines is 4. The summed E-state index contributed by atoms with van der Waals surface area (Å²) in [6.45, 7) is 7.28. The van der Waals surface area contributed by atoms with Crippen molar-refractivity contribution < 1.29 is 87.1 Å². The zero-order valence-corrected chi connectivity index (χ0v) is 66.6. The Morgan fingerprint density at radius 2 is 0.787 bits per heavy atom. The van der Waals surface area contributed by atoms with Crippen molar-refractivity contribution in [3.63, 3.8) is 0 Å². The van der Waals surface area contributed by atoms with Gasteiger partial charge in [-0.1, -0.05) is 155 Å². The van der Waals surface area contributed by atoms with Crippen LogP contribution in [0, 0.1) is 0 Å². The summed E-state index contributed by atoms with van der Waals surface area (Å²) in [5.74, 6) is -1.79. The third kappa shape index (κ3) is 28.2. The smallest absolute Gasteiger partial charge is 0.251 e. The van der Waals surface area contributed by atoms with Crippen molar-refractivity contribution in [2.45, 2.75) is 276 Å². The molecule has 0 aliphatic carbocycles. The zero-order valence-electron chi connectivity index (χ0n) is 64.9. The number of nitrogens with one attached hydrogen (secondary N) is 6. The summed E-state index contributed by atoms with van der Waals surface area (Å²) in [7, 11) is 0.597. The van der Waals surface area contributed by atoms with Crippen molar-refractivity contribution >= 4 is 66.1 Å². The number of rotatable bonds is 46. The molecule has 4 amide bonds. The molecule has 16 N–H and O–H groups in total. The Morgan fingerprint density at radius 1 is 0.454 bits per heavy atom. The highest BCUT2D eigenvalue weighted by Gasteiger charge is 2.44.